The van der Waals surface area contributed by atoms with Gasteiger partial charge in [0.2, 0.25) is 4.96 Å². The van der Waals surface area contributed by atoms with Crippen molar-refractivity contribution >= 4 is 16.3 Å². The molecule has 7 heteroatoms. The van der Waals surface area contributed by atoms with Gasteiger partial charge in [0.25, 0.3) is 0 Å². The number of aryl methyl sites for hydroxylation is 1. The summed E-state index contributed by atoms with van der Waals surface area (Å²) in [7, 11) is 0. The maximum Gasteiger partial charge on any atom is 0.234 e. The summed E-state index contributed by atoms with van der Waals surface area (Å²) in [6.07, 6.45) is 0.873. The predicted octanol–water partition coefficient (Wildman–Crippen LogP) is 0.153. The molecule has 0 unspecified atom stereocenters. The van der Waals surface area contributed by atoms with Gasteiger partial charge in [0.05, 0.1) is 6.54 Å². The lowest BCUT2D eigenvalue weighted by molar-refractivity contribution is 0.232. The number of aromatic nitrogens is 4. The number of hydrogen-bond donors (Lipinski definition) is 1. The highest BCUT2D eigenvalue weighted by atomic mass is 32.1. The second kappa shape index (κ2) is 4.67. The molecule has 1 aliphatic rings. The molecule has 0 radical (unpaired) electrons. The van der Waals surface area contributed by atoms with Crippen LogP contribution in [0, 0.1) is 0 Å². The van der Waals surface area contributed by atoms with Gasteiger partial charge in [-0.1, -0.05) is 18.3 Å². The Balaban J connectivity index is 1.78. The van der Waals surface area contributed by atoms with E-state index < -0.39 is 0 Å². The summed E-state index contributed by atoms with van der Waals surface area (Å²) in [6, 6.07) is 0. The zero-order chi connectivity index (χ0) is 11.7. The lowest BCUT2D eigenvalue weighted by atomic mass is 10.4. The first-order valence-electron chi connectivity index (χ1n) is 6.00. The van der Waals surface area contributed by atoms with E-state index in [1.807, 2.05) is 4.52 Å². The maximum atomic E-state index is 4.59. The molecule has 1 fully saturated rings. The molecule has 1 saturated heterocycles. The van der Waals surface area contributed by atoms with E-state index in [9.17, 15) is 0 Å². The minimum Gasteiger partial charge on any atom is -0.314 e. The van der Waals surface area contributed by atoms with Crippen LogP contribution in [0.2, 0.25) is 0 Å². The zero-order valence-electron chi connectivity index (χ0n) is 9.89. The van der Waals surface area contributed by atoms with Crippen molar-refractivity contribution in [2.75, 3.05) is 26.2 Å². The van der Waals surface area contributed by atoms with E-state index in [1.165, 1.54) is 0 Å². The summed E-state index contributed by atoms with van der Waals surface area (Å²) < 4.78 is 1.88. The second-order valence-corrected chi connectivity index (χ2v) is 5.23. The van der Waals surface area contributed by atoms with Crippen molar-refractivity contribution in [3.05, 3.63) is 10.8 Å². The fourth-order valence-electron chi connectivity index (χ4n) is 2.04. The van der Waals surface area contributed by atoms with E-state index in [4.69, 9.17) is 0 Å². The third-order valence-corrected chi connectivity index (χ3v) is 3.87. The molecule has 3 rings (SSSR count). The Bertz CT molecular complexity index is 498. The molecule has 6 nitrogen and oxygen atoms in total. The summed E-state index contributed by atoms with van der Waals surface area (Å²) in [5, 5.41) is 17.3. The van der Waals surface area contributed by atoms with Crippen molar-refractivity contribution in [1.29, 1.82) is 0 Å². The molecule has 2 aromatic heterocycles. The number of hydrogen-bond acceptors (Lipinski definition) is 6. The Kier molecular flexibility index (Phi) is 3.04. The van der Waals surface area contributed by atoms with Crippen LogP contribution in [0.1, 0.15) is 17.8 Å². The Morgan fingerprint density at radius 1 is 1.29 bits per heavy atom. The fourth-order valence-corrected chi connectivity index (χ4v) is 2.94. The molecule has 1 aliphatic heterocycles. The second-order valence-electron chi connectivity index (χ2n) is 4.19. The number of piperazine rings is 1. The number of fused-ring (bicyclic) bond motifs is 1. The highest BCUT2D eigenvalue weighted by molar-refractivity contribution is 7.16. The average molecular weight is 252 g/mol. The summed E-state index contributed by atoms with van der Waals surface area (Å²) >= 11 is 1.64. The molecule has 0 bridgehead atoms. The third kappa shape index (κ3) is 2.18. The smallest absolute Gasteiger partial charge is 0.234 e. The average Bonchev–Trinajstić information content (AvgIpc) is 2.89. The lowest BCUT2D eigenvalue weighted by Gasteiger charge is -2.25. The van der Waals surface area contributed by atoms with Crippen LogP contribution in [0.4, 0.5) is 0 Å². The first kappa shape index (κ1) is 11.1. The van der Waals surface area contributed by atoms with Crippen molar-refractivity contribution in [3.8, 4) is 0 Å². The van der Waals surface area contributed by atoms with Gasteiger partial charge in [-0.3, -0.25) is 4.90 Å². The highest BCUT2D eigenvalue weighted by Gasteiger charge is 2.14. The van der Waals surface area contributed by atoms with Crippen LogP contribution in [0.25, 0.3) is 4.96 Å². The molecule has 0 atom stereocenters. The van der Waals surface area contributed by atoms with Gasteiger partial charge in [-0.25, -0.2) is 0 Å². The van der Waals surface area contributed by atoms with E-state index in [0.29, 0.717) is 0 Å². The molecular formula is C10H16N6S. The van der Waals surface area contributed by atoms with E-state index in [1.54, 1.807) is 11.3 Å². The molecule has 0 amide bonds. The minimum atomic E-state index is 0.873. The number of rotatable bonds is 3. The zero-order valence-corrected chi connectivity index (χ0v) is 10.7. The molecule has 0 spiro atoms. The van der Waals surface area contributed by atoms with Crippen molar-refractivity contribution in [2.45, 2.75) is 19.9 Å². The lowest BCUT2D eigenvalue weighted by Crippen LogP contribution is -2.42. The molecule has 0 saturated carbocycles. The number of nitrogens with one attached hydrogen (secondary N) is 1. The van der Waals surface area contributed by atoms with Crippen molar-refractivity contribution in [3.63, 3.8) is 0 Å². The Hall–Kier alpha value is -1.05. The SMILES string of the molecule is CCc1nnc2sc(CN3CCNCC3)nn12. The van der Waals surface area contributed by atoms with Gasteiger partial charge >= 0.3 is 0 Å². The topological polar surface area (TPSA) is 58.4 Å². The first-order valence-corrected chi connectivity index (χ1v) is 6.81. The fraction of sp³-hybridized carbons (Fsp3) is 0.700. The van der Waals surface area contributed by atoms with Crippen LogP contribution in [-0.2, 0) is 13.0 Å². The minimum absolute atomic E-state index is 0.873. The molecular weight excluding hydrogens is 236 g/mol. The molecule has 17 heavy (non-hydrogen) atoms. The van der Waals surface area contributed by atoms with Crippen molar-refractivity contribution in [1.82, 2.24) is 30.0 Å². The summed E-state index contributed by atoms with van der Waals surface area (Å²) in [6.45, 7) is 7.35. The van der Waals surface area contributed by atoms with Crippen LogP contribution in [0.15, 0.2) is 0 Å². The third-order valence-electron chi connectivity index (χ3n) is 2.98. The maximum absolute atomic E-state index is 4.59. The standard InChI is InChI=1S/C10H16N6S/c1-2-8-12-13-10-16(8)14-9(17-10)7-15-5-3-11-4-6-15/h11H,2-7H2,1H3. The summed E-state index contributed by atoms with van der Waals surface area (Å²) in [4.78, 5) is 3.33. The van der Waals surface area contributed by atoms with Crippen LogP contribution in [0.3, 0.4) is 0 Å². The van der Waals surface area contributed by atoms with Crippen LogP contribution < -0.4 is 5.32 Å². The van der Waals surface area contributed by atoms with E-state index in [-0.39, 0.29) is 0 Å². The van der Waals surface area contributed by atoms with Gasteiger partial charge in [-0.05, 0) is 0 Å². The molecule has 0 aliphatic carbocycles. The molecule has 0 aromatic carbocycles. The normalized spacial score (nSPS) is 17.9. The van der Waals surface area contributed by atoms with Gasteiger partial charge < -0.3 is 5.32 Å². The Morgan fingerprint density at radius 2 is 2.12 bits per heavy atom. The first-order chi connectivity index (χ1) is 8.36. The molecule has 3 heterocycles. The largest absolute Gasteiger partial charge is 0.314 e. The highest BCUT2D eigenvalue weighted by Crippen LogP contribution is 2.16. The van der Waals surface area contributed by atoms with Crippen molar-refractivity contribution < 1.29 is 0 Å². The Morgan fingerprint density at radius 3 is 2.88 bits per heavy atom. The van der Waals surface area contributed by atoms with E-state index in [2.05, 4.69) is 32.4 Å². The Labute approximate surface area is 104 Å². The van der Waals surface area contributed by atoms with Crippen LogP contribution in [-0.4, -0.2) is 50.9 Å². The molecule has 1 N–H and O–H groups in total. The van der Waals surface area contributed by atoms with Gasteiger partial charge in [0.15, 0.2) is 5.82 Å². The van der Waals surface area contributed by atoms with Crippen LogP contribution >= 0.6 is 11.3 Å². The molecule has 2 aromatic rings. The van der Waals surface area contributed by atoms with Gasteiger partial charge in [0, 0.05) is 32.6 Å². The number of nitrogens with zero attached hydrogens (tertiary/aromatic N) is 5. The summed E-state index contributed by atoms with van der Waals surface area (Å²) in [5.74, 6) is 0.947. The van der Waals surface area contributed by atoms with Crippen molar-refractivity contribution in [2.24, 2.45) is 0 Å². The van der Waals surface area contributed by atoms with Crippen LogP contribution in [0.5, 0.6) is 0 Å². The monoisotopic (exact) mass is 252 g/mol. The van der Waals surface area contributed by atoms with E-state index in [0.717, 1.165) is 54.9 Å². The van der Waals surface area contributed by atoms with Gasteiger partial charge in [-0.2, -0.15) is 9.61 Å². The quantitative estimate of drug-likeness (QED) is 0.843. The van der Waals surface area contributed by atoms with Gasteiger partial charge in [0.1, 0.15) is 5.01 Å². The predicted molar refractivity (Wildman–Crippen MR) is 66.2 cm³/mol. The van der Waals surface area contributed by atoms with E-state index >= 15 is 0 Å². The van der Waals surface area contributed by atoms with Gasteiger partial charge in [-0.15, -0.1) is 10.2 Å². The molecule has 92 valence electrons. The summed E-state index contributed by atoms with van der Waals surface area (Å²) in [5.41, 5.74) is 0.